The summed E-state index contributed by atoms with van der Waals surface area (Å²) < 4.78 is 5.10. The Morgan fingerprint density at radius 3 is 2.95 bits per heavy atom. The van der Waals surface area contributed by atoms with E-state index >= 15 is 0 Å². The number of amides is 1. The number of aliphatic hydroxyl groups is 1. The van der Waals surface area contributed by atoms with Crippen molar-refractivity contribution in [3.63, 3.8) is 0 Å². The van der Waals surface area contributed by atoms with E-state index in [1.807, 2.05) is 6.07 Å². The van der Waals surface area contributed by atoms with Gasteiger partial charge in [-0.15, -0.1) is 0 Å². The maximum absolute atomic E-state index is 12.0. The Balaban J connectivity index is 1.89. The third-order valence-corrected chi connectivity index (χ3v) is 3.73. The molecular formula is C15H21NO3. The molecule has 1 aromatic carbocycles. The third-order valence-electron chi connectivity index (χ3n) is 3.73. The molecule has 1 aliphatic carbocycles. The highest BCUT2D eigenvalue weighted by molar-refractivity contribution is 5.94. The first-order valence-electron chi connectivity index (χ1n) is 6.81. The Hall–Kier alpha value is -1.55. The van der Waals surface area contributed by atoms with Crippen LogP contribution in [0, 0.1) is 5.92 Å². The van der Waals surface area contributed by atoms with E-state index in [9.17, 15) is 9.90 Å². The predicted molar refractivity (Wildman–Crippen MR) is 73.3 cm³/mol. The molecular weight excluding hydrogens is 242 g/mol. The van der Waals surface area contributed by atoms with Gasteiger partial charge >= 0.3 is 0 Å². The van der Waals surface area contributed by atoms with Crippen LogP contribution in [0.2, 0.25) is 0 Å². The monoisotopic (exact) mass is 263 g/mol. The SMILES string of the molecule is COc1cccc(C(=O)NC[C@H]2CCCC[C@@H]2O)c1. The minimum atomic E-state index is -0.278. The summed E-state index contributed by atoms with van der Waals surface area (Å²) in [6.45, 7) is 0.539. The van der Waals surface area contributed by atoms with Crippen molar-refractivity contribution in [1.29, 1.82) is 0 Å². The summed E-state index contributed by atoms with van der Waals surface area (Å²) in [6, 6.07) is 7.08. The third kappa shape index (κ3) is 3.70. The lowest BCUT2D eigenvalue weighted by atomic mass is 9.86. The molecule has 0 unspecified atom stereocenters. The van der Waals surface area contributed by atoms with Crippen molar-refractivity contribution in [3.05, 3.63) is 29.8 Å². The number of rotatable bonds is 4. The molecule has 1 amide bonds. The first kappa shape index (κ1) is 13.9. The quantitative estimate of drug-likeness (QED) is 0.873. The van der Waals surface area contributed by atoms with Crippen LogP contribution < -0.4 is 10.1 Å². The van der Waals surface area contributed by atoms with Gasteiger partial charge in [0.05, 0.1) is 13.2 Å². The molecule has 1 aromatic rings. The van der Waals surface area contributed by atoms with Crippen LogP contribution in [0.15, 0.2) is 24.3 Å². The number of carbonyl (C=O) groups is 1. The normalized spacial score (nSPS) is 22.8. The van der Waals surface area contributed by atoms with E-state index in [1.54, 1.807) is 25.3 Å². The maximum Gasteiger partial charge on any atom is 0.251 e. The van der Waals surface area contributed by atoms with Crippen LogP contribution in [-0.4, -0.2) is 30.8 Å². The smallest absolute Gasteiger partial charge is 0.251 e. The second kappa shape index (κ2) is 6.57. The Bertz CT molecular complexity index is 433. The second-order valence-electron chi connectivity index (χ2n) is 5.05. The fourth-order valence-corrected chi connectivity index (χ4v) is 2.52. The summed E-state index contributed by atoms with van der Waals surface area (Å²) in [5.41, 5.74) is 0.588. The van der Waals surface area contributed by atoms with Crippen molar-refractivity contribution in [1.82, 2.24) is 5.32 Å². The number of carbonyl (C=O) groups excluding carboxylic acids is 1. The van der Waals surface area contributed by atoms with Crippen molar-refractivity contribution in [2.24, 2.45) is 5.92 Å². The lowest BCUT2D eigenvalue weighted by Gasteiger charge is -2.27. The van der Waals surface area contributed by atoms with Crippen molar-refractivity contribution in [2.75, 3.05) is 13.7 Å². The highest BCUT2D eigenvalue weighted by Gasteiger charge is 2.23. The maximum atomic E-state index is 12.0. The molecule has 1 fully saturated rings. The summed E-state index contributed by atoms with van der Waals surface area (Å²) in [5, 5.41) is 12.8. The lowest BCUT2D eigenvalue weighted by Crippen LogP contribution is -2.36. The molecule has 1 saturated carbocycles. The van der Waals surface area contributed by atoms with Gasteiger partial charge in [-0.3, -0.25) is 4.79 Å². The Kier molecular flexibility index (Phi) is 4.80. The first-order chi connectivity index (χ1) is 9.20. The minimum Gasteiger partial charge on any atom is -0.497 e. The average molecular weight is 263 g/mol. The fraction of sp³-hybridized carbons (Fsp3) is 0.533. The van der Waals surface area contributed by atoms with Crippen LogP contribution in [0.5, 0.6) is 5.75 Å². The van der Waals surface area contributed by atoms with Gasteiger partial charge in [0.1, 0.15) is 5.75 Å². The molecule has 2 atom stereocenters. The molecule has 104 valence electrons. The van der Waals surface area contributed by atoms with Crippen LogP contribution in [0.4, 0.5) is 0 Å². The van der Waals surface area contributed by atoms with Crippen LogP contribution in [-0.2, 0) is 0 Å². The Morgan fingerprint density at radius 1 is 1.42 bits per heavy atom. The lowest BCUT2D eigenvalue weighted by molar-refractivity contribution is 0.0663. The summed E-state index contributed by atoms with van der Waals surface area (Å²) >= 11 is 0. The van der Waals surface area contributed by atoms with Crippen LogP contribution >= 0.6 is 0 Å². The summed E-state index contributed by atoms with van der Waals surface area (Å²) in [4.78, 5) is 12.0. The van der Waals surface area contributed by atoms with E-state index in [2.05, 4.69) is 5.32 Å². The van der Waals surface area contributed by atoms with E-state index in [0.717, 1.165) is 25.7 Å². The van der Waals surface area contributed by atoms with Crippen LogP contribution in [0.3, 0.4) is 0 Å². The molecule has 19 heavy (non-hydrogen) atoms. The molecule has 0 spiro atoms. The Morgan fingerprint density at radius 2 is 2.21 bits per heavy atom. The van der Waals surface area contributed by atoms with Crippen molar-refractivity contribution >= 4 is 5.91 Å². The van der Waals surface area contributed by atoms with E-state index < -0.39 is 0 Å². The molecule has 0 bridgehead atoms. The van der Waals surface area contributed by atoms with Crippen molar-refractivity contribution in [3.8, 4) is 5.75 Å². The largest absolute Gasteiger partial charge is 0.497 e. The predicted octanol–water partition coefficient (Wildman–Crippen LogP) is 1.98. The van der Waals surface area contributed by atoms with Gasteiger partial charge < -0.3 is 15.2 Å². The van der Waals surface area contributed by atoms with Gasteiger partial charge in [0.2, 0.25) is 0 Å². The molecule has 0 aliphatic heterocycles. The zero-order valence-electron chi connectivity index (χ0n) is 11.3. The van der Waals surface area contributed by atoms with Crippen molar-refractivity contribution in [2.45, 2.75) is 31.8 Å². The molecule has 2 N–H and O–H groups in total. The summed E-state index contributed by atoms with van der Waals surface area (Å²) in [7, 11) is 1.58. The molecule has 1 aliphatic rings. The van der Waals surface area contributed by atoms with Crippen LogP contribution in [0.1, 0.15) is 36.0 Å². The zero-order valence-corrected chi connectivity index (χ0v) is 11.3. The molecule has 0 saturated heterocycles. The second-order valence-corrected chi connectivity index (χ2v) is 5.05. The van der Waals surface area contributed by atoms with Gasteiger partial charge in [-0.1, -0.05) is 18.9 Å². The zero-order chi connectivity index (χ0) is 13.7. The average Bonchev–Trinajstić information content (AvgIpc) is 2.46. The molecule has 4 heteroatoms. The minimum absolute atomic E-state index is 0.114. The number of aliphatic hydroxyl groups excluding tert-OH is 1. The number of hydrogen-bond donors (Lipinski definition) is 2. The van der Waals surface area contributed by atoms with E-state index in [-0.39, 0.29) is 17.9 Å². The molecule has 2 rings (SSSR count). The van der Waals surface area contributed by atoms with E-state index in [1.165, 1.54) is 0 Å². The number of hydrogen-bond acceptors (Lipinski definition) is 3. The van der Waals surface area contributed by atoms with Gasteiger partial charge in [0, 0.05) is 18.0 Å². The van der Waals surface area contributed by atoms with Gasteiger partial charge in [0.15, 0.2) is 0 Å². The highest BCUT2D eigenvalue weighted by Crippen LogP contribution is 2.23. The van der Waals surface area contributed by atoms with Crippen LogP contribution in [0.25, 0.3) is 0 Å². The van der Waals surface area contributed by atoms with Crippen molar-refractivity contribution < 1.29 is 14.6 Å². The number of benzene rings is 1. The summed E-state index contributed by atoms with van der Waals surface area (Å²) in [5.74, 6) is 0.741. The first-order valence-corrected chi connectivity index (χ1v) is 6.81. The van der Waals surface area contributed by atoms with E-state index in [0.29, 0.717) is 17.9 Å². The van der Waals surface area contributed by atoms with Gasteiger partial charge in [-0.25, -0.2) is 0 Å². The number of ether oxygens (including phenoxy) is 1. The highest BCUT2D eigenvalue weighted by atomic mass is 16.5. The van der Waals surface area contributed by atoms with Gasteiger partial charge in [-0.05, 0) is 31.0 Å². The standard InChI is InChI=1S/C15H21NO3/c1-19-13-7-4-6-11(9-13)15(18)16-10-12-5-2-3-8-14(12)17/h4,6-7,9,12,14,17H,2-3,5,8,10H2,1H3,(H,16,18)/t12-,14+/m1/s1. The topological polar surface area (TPSA) is 58.6 Å². The van der Waals surface area contributed by atoms with Gasteiger partial charge in [-0.2, -0.15) is 0 Å². The molecule has 0 aromatic heterocycles. The number of nitrogens with one attached hydrogen (secondary N) is 1. The van der Waals surface area contributed by atoms with E-state index in [4.69, 9.17) is 4.74 Å². The molecule has 4 nitrogen and oxygen atoms in total. The number of methoxy groups -OCH3 is 1. The molecule has 0 heterocycles. The van der Waals surface area contributed by atoms with Gasteiger partial charge in [0.25, 0.3) is 5.91 Å². The summed E-state index contributed by atoms with van der Waals surface area (Å²) in [6.07, 6.45) is 3.77. The Labute approximate surface area is 113 Å². The molecule has 0 radical (unpaired) electrons. The fourth-order valence-electron chi connectivity index (χ4n) is 2.52.